The Labute approximate surface area is 152 Å². The molecule has 0 saturated carbocycles. The van der Waals surface area contributed by atoms with Crippen LogP contribution in [0.4, 0.5) is 0 Å². The third-order valence-corrected chi connectivity index (χ3v) is 3.69. The summed E-state index contributed by atoms with van der Waals surface area (Å²) in [5, 5.41) is 0. The summed E-state index contributed by atoms with van der Waals surface area (Å²) < 4.78 is 16.1. The van der Waals surface area contributed by atoms with Crippen LogP contribution in [-0.4, -0.2) is 25.6 Å². The van der Waals surface area contributed by atoms with Crippen LogP contribution < -0.4 is 9.47 Å². The molecule has 0 spiro atoms. The average molecular weight is 349 g/mol. The van der Waals surface area contributed by atoms with Crippen LogP contribution in [0.3, 0.4) is 0 Å². The monoisotopic (exact) mass is 349 g/mol. The maximum Gasteiger partial charge on any atom is 0.363 e. The molecule has 26 heavy (non-hydrogen) atoms. The molecule has 0 atom stereocenters. The van der Waals surface area contributed by atoms with E-state index >= 15 is 0 Å². The minimum absolute atomic E-state index is 0.233. The predicted octanol–water partition coefficient (Wildman–Crippen LogP) is 4.10. The number of benzene rings is 2. The van der Waals surface area contributed by atoms with Crippen molar-refractivity contribution in [2.45, 2.75) is 6.92 Å². The van der Waals surface area contributed by atoms with Gasteiger partial charge in [0.2, 0.25) is 5.90 Å². The number of methoxy groups -OCH3 is 1. The van der Waals surface area contributed by atoms with Crippen molar-refractivity contribution in [2.24, 2.45) is 4.99 Å². The molecule has 0 N–H and O–H groups in total. The van der Waals surface area contributed by atoms with Crippen LogP contribution in [-0.2, 0) is 9.53 Å². The molecule has 1 aliphatic heterocycles. The Kier molecular flexibility index (Phi) is 5.49. The highest BCUT2D eigenvalue weighted by Crippen LogP contribution is 2.24. The predicted molar refractivity (Wildman–Crippen MR) is 101 cm³/mol. The van der Waals surface area contributed by atoms with E-state index in [1.54, 1.807) is 25.3 Å². The topological polar surface area (TPSA) is 57.1 Å². The van der Waals surface area contributed by atoms with E-state index in [0.717, 1.165) is 16.9 Å². The van der Waals surface area contributed by atoms with E-state index in [4.69, 9.17) is 14.2 Å². The molecule has 0 aliphatic carbocycles. The van der Waals surface area contributed by atoms with Crippen molar-refractivity contribution in [2.75, 3.05) is 13.7 Å². The average Bonchev–Trinajstić information content (AvgIpc) is 3.01. The first-order valence-corrected chi connectivity index (χ1v) is 8.26. The van der Waals surface area contributed by atoms with E-state index in [2.05, 4.69) is 4.99 Å². The Morgan fingerprint density at radius 3 is 2.42 bits per heavy atom. The summed E-state index contributed by atoms with van der Waals surface area (Å²) in [5.41, 5.74) is 1.88. The quantitative estimate of drug-likeness (QED) is 0.582. The zero-order valence-electron chi connectivity index (χ0n) is 14.6. The molecular formula is C21H19NO4. The lowest BCUT2D eigenvalue weighted by Gasteiger charge is -2.06. The molecule has 0 fully saturated rings. The van der Waals surface area contributed by atoms with Gasteiger partial charge in [-0.3, -0.25) is 0 Å². The number of hydrogen-bond donors (Lipinski definition) is 0. The zero-order chi connectivity index (χ0) is 18.4. The number of esters is 1. The lowest BCUT2D eigenvalue weighted by molar-refractivity contribution is -0.129. The minimum atomic E-state index is -0.490. The van der Waals surface area contributed by atoms with Gasteiger partial charge in [-0.25, -0.2) is 9.79 Å². The molecule has 5 nitrogen and oxygen atoms in total. The van der Waals surface area contributed by atoms with Gasteiger partial charge in [0, 0.05) is 17.2 Å². The van der Waals surface area contributed by atoms with Gasteiger partial charge in [0.1, 0.15) is 11.5 Å². The fourth-order valence-corrected chi connectivity index (χ4v) is 2.50. The Balaban J connectivity index is 1.84. The SMILES string of the molecule is CCOc1ccccc1C=C1N=C(C=Cc2ccccc2OC)OC1=O. The van der Waals surface area contributed by atoms with Crippen LogP contribution in [0.25, 0.3) is 12.2 Å². The molecule has 2 aromatic carbocycles. The maximum atomic E-state index is 12.1. The normalized spacial score (nSPS) is 15.2. The molecular weight excluding hydrogens is 330 g/mol. The third kappa shape index (κ3) is 4.00. The molecule has 3 rings (SSSR count). The number of para-hydroxylation sites is 2. The van der Waals surface area contributed by atoms with Crippen LogP contribution in [0.15, 0.2) is 65.3 Å². The highest BCUT2D eigenvalue weighted by atomic mass is 16.6. The number of aliphatic imine (C=N–C) groups is 1. The number of cyclic esters (lactones) is 1. The van der Waals surface area contributed by atoms with Gasteiger partial charge in [0.15, 0.2) is 5.70 Å². The summed E-state index contributed by atoms with van der Waals surface area (Å²) in [7, 11) is 1.61. The van der Waals surface area contributed by atoms with E-state index in [1.165, 1.54) is 0 Å². The summed E-state index contributed by atoms with van der Waals surface area (Å²) in [6.07, 6.45) is 5.10. The third-order valence-electron chi connectivity index (χ3n) is 3.69. The standard InChI is InChI=1S/C21H19NO4/c1-3-25-19-11-7-5-9-16(19)14-17-21(23)26-20(22-17)13-12-15-8-4-6-10-18(15)24-2/h4-14H,3H2,1-2H3. The summed E-state index contributed by atoms with van der Waals surface area (Å²) in [4.78, 5) is 16.3. The van der Waals surface area contributed by atoms with Crippen LogP contribution >= 0.6 is 0 Å². The number of ether oxygens (including phenoxy) is 3. The molecule has 1 heterocycles. The van der Waals surface area contributed by atoms with Crippen molar-refractivity contribution in [3.05, 3.63) is 71.4 Å². The van der Waals surface area contributed by atoms with Crippen LogP contribution in [0.2, 0.25) is 0 Å². The van der Waals surface area contributed by atoms with Crippen molar-refractivity contribution in [3.8, 4) is 11.5 Å². The second-order valence-electron chi connectivity index (χ2n) is 5.42. The van der Waals surface area contributed by atoms with E-state index in [1.807, 2.05) is 55.5 Å². The van der Waals surface area contributed by atoms with E-state index in [0.29, 0.717) is 12.4 Å². The first kappa shape index (κ1) is 17.5. The second kappa shape index (κ2) is 8.16. The van der Waals surface area contributed by atoms with E-state index in [-0.39, 0.29) is 11.6 Å². The highest BCUT2D eigenvalue weighted by Gasteiger charge is 2.21. The van der Waals surface area contributed by atoms with Gasteiger partial charge in [0.05, 0.1) is 13.7 Å². The van der Waals surface area contributed by atoms with Crippen molar-refractivity contribution in [3.63, 3.8) is 0 Å². The number of nitrogens with zero attached hydrogens (tertiary/aromatic N) is 1. The van der Waals surface area contributed by atoms with Crippen molar-refractivity contribution >= 4 is 24.0 Å². The summed E-state index contributed by atoms with van der Waals surface area (Å²) in [5.74, 6) is 1.18. The second-order valence-corrected chi connectivity index (χ2v) is 5.42. The molecule has 0 amide bonds. The fourth-order valence-electron chi connectivity index (χ4n) is 2.50. The van der Waals surface area contributed by atoms with Crippen molar-refractivity contribution < 1.29 is 19.0 Å². The number of carbonyl (C=O) groups is 1. The number of carbonyl (C=O) groups excluding carboxylic acids is 1. The van der Waals surface area contributed by atoms with Gasteiger partial charge in [-0.2, -0.15) is 0 Å². The lowest BCUT2D eigenvalue weighted by atomic mass is 10.1. The summed E-state index contributed by atoms with van der Waals surface area (Å²) in [6, 6.07) is 15.0. The Hall–Kier alpha value is -3.34. The molecule has 1 aliphatic rings. The smallest absolute Gasteiger partial charge is 0.363 e. The van der Waals surface area contributed by atoms with Gasteiger partial charge >= 0.3 is 5.97 Å². The fraction of sp³-hybridized carbons (Fsp3) is 0.143. The minimum Gasteiger partial charge on any atom is -0.496 e. The van der Waals surface area contributed by atoms with Gasteiger partial charge in [-0.1, -0.05) is 36.4 Å². The Morgan fingerprint density at radius 2 is 1.69 bits per heavy atom. The van der Waals surface area contributed by atoms with Crippen molar-refractivity contribution in [1.82, 2.24) is 0 Å². The molecule has 132 valence electrons. The first-order valence-electron chi connectivity index (χ1n) is 8.26. The van der Waals surface area contributed by atoms with E-state index in [9.17, 15) is 4.79 Å². The van der Waals surface area contributed by atoms with E-state index < -0.39 is 5.97 Å². The maximum absolute atomic E-state index is 12.1. The molecule has 0 saturated heterocycles. The van der Waals surface area contributed by atoms with Crippen LogP contribution in [0, 0.1) is 0 Å². The highest BCUT2D eigenvalue weighted by molar-refractivity contribution is 6.11. The van der Waals surface area contributed by atoms with Gasteiger partial charge < -0.3 is 14.2 Å². The summed E-state index contributed by atoms with van der Waals surface area (Å²) >= 11 is 0. The van der Waals surface area contributed by atoms with Crippen LogP contribution in [0.5, 0.6) is 11.5 Å². The Bertz CT molecular complexity index is 896. The molecule has 0 unspecified atom stereocenters. The zero-order valence-corrected chi connectivity index (χ0v) is 14.6. The van der Waals surface area contributed by atoms with Crippen LogP contribution in [0.1, 0.15) is 18.1 Å². The van der Waals surface area contributed by atoms with Crippen molar-refractivity contribution in [1.29, 1.82) is 0 Å². The largest absolute Gasteiger partial charge is 0.496 e. The Morgan fingerprint density at radius 1 is 1.00 bits per heavy atom. The first-order chi connectivity index (χ1) is 12.7. The molecule has 2 aromatic rings. The van der Waals surface area contributed by atoms with Gasteiger partial charge in [0.25, 0.3) is 0 Å². The lowest BCUT2D eigenvalue weighted by Crippen LogP contribution is -2.01. The molecule has 0 bridgehead atoms. The molecule has 5 heteroatoms. The number of hydrogen-bond acceptors (Lipinski definition) is 5. The molecule has 0 aromatic heterocycles. The van der Waals surface area contributed by atoms with Gasteiger partial charge in [-0.05, 0) is 31.2 Å². The summed E-state index contributed by atoms with van der Waals surface area (Å²) in [6.45, 7) is 2.45. The molecule has 0 radical (unpaired) electrons. The number of rotatable bonds is 6. The van der Waals surface area contributed by atoms with Gasteiger partial charge in [-0.15, -0.1) is 0 Å².